The third-order valence-electron chi connectivity index (χ3n) is 2.70. The summed E-state index contributed by atoms with van der Waals surface area (Å²) in [5.41, 5.74) is 6.11. The summed E-state index contributed by atoms with van der Waals surface area (Å²) >= 11 is 3.28. The van der Waals surface area contributed by atoms with E-state index in [0.29, 0.717) is 5.92 Å². The fourth-order valence-electron chi connectivity index (χ4n) is 1.81. The summed E-state index contributed by atoms with van der Waals surface area (Å²) in [6, 6.07) is 3.82. The lowest BCUT2D eigenvalue weighted by molar-refractivity contribution is 0.0559. The minimum Gasteiger partial charge on any atom is -0.453 e. The highest BCUT2D eigenvalue weighted by Crippen LogP contribution is 2.30. The number of hydrogen-bond donors (Lipinski definition) is 1. The van der Waals surface area contributed by atoms with Gasteiger partial charge in [0.05, 0.1) is 6.04 Å². The summed E-state index contributed by atoms with van der Waals surface area (Å²) in [4.78, 5) is 0. The third-order valence-corrected chi connectivity index (χ3v) is 3.12. The van der Waals surface area contributed by atoms with Crippen molar-refractivity contribution in [1.82, 2.24) is 0 Å². The van der Waals surface area contributed by atoms with Gasteiger partial charge in [-0.05, 0) is 46.8 Å². The second-order valence-electron chi connectivity index (χ2n) is 3.62. The molecule has 1 aliphatic heterocycles. The molecule has 14 heavy (non-hydrogen) atoms. The highest BCUT2D eigenvalue weighted by Gasteiger charge is 2.24. The van der Waals surface area contributed by atoms with Crippen LogP contribution >= 0.6 is 15.9 Å². The number of rotatable bonds is 2. The molecular weight excluding hydrogens is 246 g/mol. The lowest BCUT2D eigenvalue weighted by atomic mass is 9.91. The van der Waals surface area contributed by atoms with Crippen molar-refractivity contribution in [1.29, 1.82) is 0 Å². The van der Waals surface area contributed by atoms with E-state index in [1.807, 2.05) is 12.1 Å². The molecule has 0 bridgehead atoms. The smallest absolute Gasteiger partial charge is 0.169 e. The molecule has 2 rings (SSSR count). The normalized spacial score (nSPS) is 21.0. The van der Waals surface area contributed by atoms with E-state index in [0.717, 1.165) is 36.5 Å². The standard InChI is InChI=1S/C10H14BrNO2/c11-9-2-1-8(14-9)10(12)7-3-5-13-6-4-7/h1-2,7,10H,3-6,12H2/t10-/m1/s1. The van der Waals surface area contributed by atoms with Crippen LogP contribution in [-0.4, -0.2) is 13.2 Å². The molecule has 1 atom stereocenters. The molecule has 2 heterocycles. The SMILES string of the molecule is N[C@@H](c1ccc(Br)o1)C1CCOCC1. The van der Waals surface area contributed by atoms with Crippen molar-refractivity contribution in [2.75, 3.05) is 13.2 Å². The van der Waals surface area contributed by atoms with Crippen LogP contribution in [0.1, 0.15) is 24.6 Å². The van der Waals surface area contributed by atoms with Crippen LogP contribution in [-0.2, 0) is 4.74 Å². The first-order chi connectivity index (χ1) is 6.77. The predicted octanol–water partition coefficient (Wildman–Crippen LogP) is 2.47. The Bertz CT molecular complexity index is 294. The van der Waals surface area contributed by atoms with E-state index in [4.69, 9.17) is 14.9 Å². The summed E-state index contributed by atoms with van der Waals surface area (Å²) < 4.78 is 11.5. The monoisotopic (exact) mass is 259 g/mol. The largest absolute Gasteiger partial charge is 0.453 e. The van der Waals surface area contributed by atoms with E-state index in [-0.39, 0.29) is 6.04 Å². The lowest BCUT2D eigenvalue weighted by Gasteiger charge is -2.26. The number of hydrogen-bond acceptors (Lipinski definition) is 3. The van der Waals surface area contributed by atoms with Crippen molar-refractivity contribution >= 4 is 15.9 Å². The van der Waals surface area contributed by atoms with E-state index < -0.39 is 0 Å². The molecule has 0 aliphatic carbocycles. The third kappa shape index (κ3) is 2.19. The van der Waals surface area contributed by atoms with Crippen LogP contribution in [0, 0.1) is 5.92 Å². The predicted molar refractivity (Wildman–Crippen MR) is 56.9 cm³/mol. The Hall–Kier alpha value is -0.320. The van der Waals surface area contributed by atoms with Crippen molar-refractivity contribution in [3.8, 4) is 0 Å². The average molecular weight is 260 g/mol. The molecule has 0 amide bonds. The van der Waals surface area contributed by atoms with Crippen molar-refractivity contribution < 1.29 is 9.15 Å². The Labute approximate surface area is 91.7 Å². The summed E-state index contributed by atoms with van der Waals surface area (Å²) in [5.74, 6) is 1.35. The number of nitrogens with two attached hydrogens (primary N) is 1. The number of furan rings is 1. The van der Waals surface area contributed by atoms with Crippen LogP contribution < -0.4 is 5.73 Å². The lowest BCUT2D eigenvalue weighted by Crippen LogP contribution is -2.27. The fraction of sp³-hybridized carbons (Fsp3) is 0.600. The van der Waals surface area contributed by atoms with Crippen molar-refractivity contribution in [2.45, 2.75) is 18.9 Å². The van der Waals surface area contributed by atoms with Gasteiger partial charge < -0.3 is 14.9 Å². The van der Waals surface area contributed by atoms with Crippen molar-refractivity contribution in [2.24, 2.45) is 11.7 Å². The molecule has 0 unspecified atom stereocenters. The minimum atomic E-state index is 0.00481. The van der Waals surface area contributed by atoms with E-state index in [9.17, 15) is 0 Å². The Balaban J connectivity index is 2.03. The van der Waals surface area contributed by atoms with Crippen molar-refractivity contribution in [3.63, 3.8) is 0 Å². The fourth-order valence-corrected chi connectivity index (χ4v) is 2.13. The zero-order chi connectivity index (χ0) is 9.97. The Morgan fingerprint density at radius 3 is 2.64 bits per heavy atom. The molecule has 0 saturated carbocycles. The molecule has 78 valence electrons. The van der Waals surface area contributed by atoms with E-state index in [2.05, 4.69) is 15.9 Å². The van der Waals surface area contributed by atoms with Gasteiger partial charge in [0.15, 0.2) is 4.67 Å². The molecule has 1 saturated heterocycles. The Morgan fingerprint density at radius 2 is 2.07 bits per heavy atom. The molecule has 3 nitrogen and oxygen atoms in total. The number of ether oxygens (including phenoxy) is 1. The molecule has 1 aromatic heterocycles. The molecule has 0 spiro atoms. The van der Waals surface area contributed by atoms with Crippen LogP contribution in [0.5, 0.6) is 0 Å². The molecule has 1 aliphatic rings. The maximum Gasteiger partial charge on any atom is 0.169 e. The van der Waals surface area contributed by atoms with Gasteiger partial charge >= 0.3 is 0 Å². The van der Waals surface area contributed by atoms with Gasteiger partial charge in [0, 0.05) is 13.2 Å². The molecular formula is C10H14BrNO2. The van der Waals surface area contributed by atoms with Gasteiger partial charge in [-0.1, -0.05) is 0 Å². The minimum absolute atomic E-state index is 0.00481. The molecule has 1 aromatic rings. The summed E-state index contributed by atoms with van der Waals surface area (Å²) in [7, 11) is 0. The number of halogens is 1. The highest BCUT2D eigenvalue weighted by molar-refractivity contribution is 9.10. The van der Waals surface area contributed by atoms with Crippen LogP contribution in [0.15, 0.2) is 21.2 Å². The van der Waals surface area contributed by atoms with Gasteiger partial charge in [0.1, 0.15) is 5.76 Å². The van der Waals surface area contributed by atoms with E-state index in [1.165, 1.54) is 0 Å². The van der Waals surface area contributed by atoms with Crippen LogP contribution in [0.3, 0.4) is 0 Å². The summed E-state index contributed by atoms with van der Waals surface area (Å²) in [6.07, 6.45) is 2.05. The van der Waals surface area contributed by atoms with Gasteiger partial charge in [-0.15, -0.1) is 0 Å². The second kappa shape index (κ2) is 4.47. The van der Waals surface area contributed by atoms with Gasteiger partial charge in [-0.2, -0.15) is 0 Å². The topological polar surface area (TPSA) is 48.4 Å². The Morgan fingerprint density at radius 1 is 1.36 bits per heavy atom. The zero-order valence-corrected chi connectivity index (χ0v) is 9.50. The van der Waals surface area contributed by atoms with Crippen LogP contribution in [0.25, 0.3) is 0 Å². The van der Waals surface area contributed by atoms with Crippen LogP contribution in [0.2, 0.25) is 0 Å². The molecule has 2 N–H and O–H groups in total. The van der Waals surface area contributed by atoms with Gasteiger partial charge in [0.25, 0.3) is 0 Å². The highest BCUT2D eigenvalue weighted by atomic mass is 79.9. The van der Waals surface area contributed by atoms with Gasteiger partial charge in [0.2, 0.25) is 0 Å². The zero-order valence-electron chi connectivity index (χ0n) is 7.91. The molecule has 4 heteroatoms. The molecule has 1 fully saturated rings. The first kappa shape index (κ1) is 10.2. The quantitative estimate of drug-likeness (QED) is 0.888. The van der Waals surface area contributed by atoms with Gasteiger partial charge in [-0.3, -0.25) is 0 Å². The Kier molecular flexibility index (Phi) is 3.26. The first-order valence-corrected chi connectivity index (χ1v) is 5.65. The van der Waals surface area contributed by atoms with E-state index in [1.54, 1.807) is 0 Å². The first-order valence-electron chi connectivity index (χ1n) is 4.86. The molecule has 0 radical (unpaired) electrons. The van der Waals surface area contributed by atoms with Crippen molar-refractivity contribution in [3.05, 3.63) is 22.6 Å². The maximum absolute atomic E-state index is 6.11. The molecule has 0 aromatic carbocycles. The van der Waals surface area contributed by atoms with Gasteiger partial charge in [-0.25, -0.2) is 0 Å². The average Bonchev–Trinajstić information content (AvgIpc) is 2.65. The second-order valence-corrected chi connectivity index (χ2v) is 4.40. The summed E-state index contributed by atoms with van der Waals surface area (Å²) in [6.45, 7) is 1.64. The van der Waals surface area contributed by atoms with E-state index >= 15 is 0 Å². The summed E-state index contributed by atoms with van der Waals surface area (Å²) in [5, 5.41) is 0. The van der Waals surface area contributed by atoms with Crippen LogP contribution in [0.4, 0.5) is 0 Å². The maximum atomic E-state index is 6.11.